The van der Waals surface area contributed by atoms with E-state index in [2.05, 4.69) is 0 Å². The van der Waals surface area contributed by atoms with Gasteiger partial charge in [-0.15, -0.1) is 0 Å². The van der Waals surface area contributed by atoms with E-state index in [0.29, 0.717) is 6.61 Å². The van der Waals surface area contributed by atoms with Gasteiger partial charge in [0, 0.05) is 7.05 Å². The first-order chi connectivity index (χ1) is 7.41. The molecule has 5 heteroatoms. The second-order valence-electron chi connectivity index (χ2n) is 4.11. The molecule has 1 amide bonds. The number of nitrogens with zero attached hydrogens (tertiary/aromatic N) is 1. The molecule has 0 fully saturated rings. The Morgan fingerprint density at radius 3 is 2.31 bits per heavy atom. The maximum atomic E-state index is 11.5. The minimum Gasteiger partial charge on any atom is -0.480 e. The van der Waals surface area contributed by atoms with Gasteiger partial charge in [-0.05, 0) is 12.3 Å². The van der Waals surface area contributed by atoms with Crippen LogP contribution in [0.15, 0.2) is 0 Å². The molecule has 1 N–H and O–H groups in total. The van der Waals surface area contributed by atoms with E-state index in [1.54, 1.807) is 13.8 Å². The Hall–Kier alpha value is -1.26. The molecule has 0 saturated heterocycles. The van der Waals surface area contributed by atoms with Crippen molar-refractivity contribution in [2.75, 3.05) is 13.7 Å². The van der Waals surface area contributed by atoms with Gasteiger partial charge in [0.2, 0.25) is 0 Å². The van der Waals surface area contributed by atoms with Crippen molar-refractivity contribution in [1.82, 2.24) is 4.90 Å². The van der Waals surface area contributed by atoms with E-state index in [-0.39, 0.29) is 5.92 Å². The maximum absolute atomic E-state index is 11.5. The number of likely N-dealkylation sites (N-methyl/N-ethyl adjacent to an activating group) is 1. The van der Waals surface area contributed by atoms with Crippen molar-refractivity contribution in [2.45, 2.75) is 39.7 Å². The van der Waals surface area contributed by atoms with Crippen molar-refractivity contribution in [3.63, 3.8) is 0 Å². The Labute approximate surface area is 96.4 Å². The smallest absolute Gasteiger partial charge is 0.410 e. The molecular formula is C11H21NO4. The molecule has 0 radical (unpaired) electrons. The molecule has 0 bridgehead atoms. The van der Waals surface area contributed by atoms with Gasteiger partial charge in [0.05, 0.1) is 6.61 Å². The first-order valence-electron chi connectivity index (χ1n) is 5.54. The van der Waals surface area contributed by atoms with E-state index in [1.165, 1.54) is 7.05 Å². The molecule has 0 aliphatic carbocycles. The third-order valence-corrected chi connectivity index (χ3v) is 2.31. The molecule has 1 atom stereocenters. The van der Waals surface area contributed by atoms with Crippen molar-refractivity contribution in [2.24, 2.45) is 5.92 Å². The molecule has 0 aromatic rings. The topological polar surface area (TPSA) is 66.8 Å². The number of carbonyl (C=O) groups excluding carboxylic acids is 1. The summed E-state index contributed by atoms with van der Waals surface area (Å²) in [5.74, 6) is -1.16. The fourth-order valence-corrected chi connectivity index (χ4v) is 1.42. The van der Waals surface area contributed by atoms with Crippen molar-refractivity contribution in [3.05, 3.63) is 0 Å². The van der Waals surface area contributed by atoms with Crippen molar-refractivity contribution >= 4 is 12.1 Å². The van der Waals surface area contributed by atoms with Gasteiger partial charge >= 0.3 is 12.1 Å². The largest absolute Gasteiger partial charge is 0.480 e. The van der Waals surface area contributed by atoms with E-state index in [9.17, 15) is 9.59 Å². The summed E-state index contributed by atoms with van der Waals surface area (Å²) >= 11 is 0. The molecule has 0 rings (SSSR count). The van der Waals surface area contributed by atoms with Gasteiger partial charge in [-0.2, -0.15) is 0 Å². The van der Waals surface area contributed by atoms with Gasteiger partial charge < -0.3 is 9.84 Å². The van der Waals surface area contributed by atoms with Crippen LogP contribution >= 0.6 is 0 Å². The highest BCUT2D eigenvalue weighted by Crippen LogP contribution is 2.10. The van der Waals surface area contributed by atoms with E-state index >= 15 is 0 Å². The van der Waals surface area contributed by atoms with Gasteiger partial charge in [-0.25, -0.2) is 9.59 Å². The molecular weight excluding hydrogens is 210 g/mol. The van der Waals surface area contributed by atoms with Crippen LogP contribution in [-0.4, -0.2) is 41.8 Å². The van der Waals surface area contributed by atoms with E-state index in [1.807, 2.05) is 6.92 Å². The summed E-state index contributed by atoms with van der Waals surface area (Å²) in [7, 11) is 1.45. The van der Waals surface area contributed by atoms with Crippen LogP contribution in [0.1, 0.15) is 33.6 Å². The van der Waals surface area contributed by atoms with Crippen LogP contribution in [0.4, 0.5) is 4.79 Å². The fraction of sp³-hybridized carbons (Fsp3) is 0.818. The number of hydrogen-bond acceptors (Lipinski definition) is 3. The molecule has 0 aliphatic heterocycles. The van der Waals surface area contributed by atoms with Gasteiger partial charge in [0.1, 0.15) is 6.04 Å². The third-order valence-electron chi connectivity index (χ3n) is 2.31. The zero-order valence-electron chi connectivity index (χ0n) is 10.4. The lowest BCUT2D eigenvalue weighted by Crippen LogP contribution is -2.45. The SMILES string of the molecule is CCCCOC(=O)N(C)C(C(=O)O)C(C)C. The van der Waals surface area contributed by atoms with Crippen LogP contribution in [0.3, 0.4) is 0 Å². The summed E-state index contributed by atoms with van der Waals surface area (Å²) in [6, 6.07) is -0.839. The van der Waals surface area contributed by atoms with Crippen LogP contribution < -0.4 is 0 Å². The molecule has 0 aromatic carbocycles. The number of carboxylic acid groups (broad SMARTS) is 1. The molecule has 5 nitrogen and oxygen atoms in total. The number of carboxylic acids is 1. The minimum atomic E-state index is -1.01. The van der Waals surface area contributed by atoms with Crippen molar-refractivity contribution in [1.29, 1.82) is 0 Å². The van der Waals surface area contributed by atoms with E-state index in [0.717, 1.165) is 17.7 Å². The van der Waals surface area contributed by atoms with Crippen molar-refractivity contribution < 1.29 is 19.4 Å². The molecule has 0 aromatic heterocycles. The second-order valence-corrected chi connectivity index (χ2v) is 4.11. The summed E-state index contributed by atoms with van der Waals surface area (Å²) in [6.45, 7) is 5.85. The minimum absolute atomic E-state index is 0.152. The Morgan fingerprint density at radius 1 is 1.38 bits per heavy atom. The van der Waals surface area contributed by atoms with Crippen LogP contribution in [0.5, 0.6) is 0 Å². The Balaban J connectivity index is 4.32. The standard InChI is InChI=1S/C11H21NO4/c1-5-6-7-16-11(15)12(4)9(8(2)3)10(13)14/h8-9H,5-7H2,1-4H3,(H,13,14). The summed E-state index contributed by atoms with van der Waals surface area (Å²) in [4.78, 5) is 23.6. The highest BCUT2D eigenvalue weighted by atomic mass is 16.6. The summed E-state index contributed by atoms with van der Waals surface area (Å²) < 4.78 is 4.95. The number of rotatable bonds is 6. The fourth-order valence-electron chi connectivity index (χ4n) is 1.42. The average molecular weight is 231 g/mol. The maximum Gasteiger partial charge on any atom is 0.410 e. The quantitative estimate of drug-likeness (QED) is 0.710. The monoisotopic (exact) mass is 231 g/mol. The highest BCUT2D eigenvalue weighted by Gasteiger charge is 2.30. The zero-order valence-corrected chi connectivity index (χ0v) is 10.4. The Kier molecular flexibility index (Phi) is 6.53. The third kappa shape index (κ3) is 4.51. The number of carbonyl (C=O) groups is 2. The number of amides is 1. The number of hydrogen-bond donors (Lipinski definition) is 1. The predicted octanol–water partition coefficient (Wildman–Crippen LogP) is 1.96. The summed E-state index contributed by atoms with van der Waals surface area (Å²) in [5, 5.41) is 8.99. The van der Waals surface area contributed by atoms with Crippen LogP contribution in [0, 0.1) is 5.92 Å². The first kappa shape index (κ1) is 14.7. The molecule has 0 heterocycles. The van der Waals surface area contributed by atoms with Gasteiger partial charge in [-0.1, -0.05) is 27.2 Å². The van der Waals surface area contributed by atoms with Gasteiger partial charge in [-0.3, -0.25) is 4.90 Å². The van der Waals surface area contributed by atoms with Crippen LogP contribution in [0.25, 0.3) is 0 Å². The molecule has 0 aliphatic rings. The van der Waals surface area contributed by atoms with Crippen molar-refractivity contribution in [3.8, 4) is 0 Å². The lowest BCUT2D eigenvalue weighted by atomic mass is 10.0. The lowest BCUT2D eigenvalue weighted by molar-refractivity contribution is -0.143. The van der Waals surface area contributed by atoms with E-state index in [4.69, 9.17) is 9.84 Å². The highest BCUT2D eigenvalue weighted by molar-refractivity contribution is 5.80. The number of aliphatic carboxylic acids is 1. The molecule has 0 spiro atoms. The molecule has 1 unspecified atom stereocenters. The van der Waals surface area contributed by atoms with Gasteiger partial charge in [0.15, 0.2) is 0 Å². The second kappa shape index (κ2) is 7.09. The normalized spacial score (nSPS) is 12.3. The average Bonchev–Trinajstić information content (AvgIpc) is 2.16. The van der Waals surface area contributed by atoms with Crippen LogP contribution in [0.2, 0.25) is 0 Å². The Bertz CT molecular complexity index is 240. The molecule has 0 saturated carbocycles. The van der Waals surface area contributed by atoms with Gasteiger partial charge in [0.25, 0.3) is 0 Å². The van der Waals surface area contributed by atoms with Crippen LogP contribution in [-0.2, 0) is 9.53 Å². The molecule has 16 heavy (non-hydrogen) atoms. The number of ether oxygens (including phenoxy) is 1. The Morgan fingerprint density at radius 2 is 1.94 bits per heavy atom. The molecule has 94 valence electrons. The zero-order chi connectivity index (χ0) is 12.7. The summed E-state index contributed by atoms with van der Waals surface area (Å²) in [6.07, 6.45) is 1.15. The first-order valence-corrected chi connectivity index (χ1v) is 5.54. The summed E-state index contributed by atoms with van der Waals surface area (Å²) in [5.41, 5.74) is 0. The lowest BCUT2D eigenvalue weighted by Gasteiger charge is -2.26. The predicted molar refractivity (Wildman–Crippen MR) is 60.3 cm³/mol. The number of unbranched alkanes of at least 4 members (excludes halogenated alkanes) is 1. The van der Waals surface area contributed by atoms with E-state index < -0.39 is 18.1 Å².